The van der Waals surface area contributed by atoms with E-state index in [0.717, 1.165) is 68.4 Å². The number of nitrogens with one attached hydrogen (secondary N) is 3. The van der Waals surface area contributed by atoms with E-state index in [0.29, 0.717) is 11.3 Å². The smallest absolute Gasteiger partial charge is 0.300 e. The molecule has 1 saturated heterocycles. The average Bonchev–Trinajstić information content (AvgIpc) is 3.64. The number of benzene rings is 2. The van der Waals surface area contributed by atoms with Crippen LogP contribution in [0.4, 0.5) is 5.69 Å². The maximum absolute atomic E-state index is 12.9. The van der Waals surface area contributed by atoms with Gasteiger partial charge in [-0.15, -0.1) is 0 Å². The number of morpholine rings is 1. The van der Waals surface area contributed by atoms with Crippen LogP contribution in [-0.2, 0) is 20.9 Å². The fourth-order valence-electron chi connectivity index (χ4n) is 4.92. The zero-order valence-corrected chi connectivity index (χ0v) is 20.5. The molecule has 0 spiro atoms. The van der Waals surface area contributed by atoms with Crippen molar-refractivity contribution in [1.29, 1.82) is 0 Å². The minimum atomic E-state index is -0.833. The summed E-state index contributed by atoms with van der Waals surface area (Å²) in [5.74, 6) is -0.918. The molecule has 1 aliphatic carbocycles. The number of carboxylic acids is 1. The summed E-state index contributed by atoms with van der Waals surface area (Å²) in [6, 6.07) is 13.8. The van der Waals surface area contributed by atoms with E-state index < -0.39 is 5.97 Å². The van der Waals surface area contributed by atoms with Gasteiger partial charge in [0.25, 0.3) is 11.9 Å². The third-order valence-electron chi connectivity index (χ3n) is 6.73. The van der Waals surface area contributed by atoms with Crippen molar-refractivity contribution in [2.45, 2.75) is 25.8 Å². The number of carboxylic acid groups (broad SMARTS) is 1. The van der Waals surface area contributed by atoms with Crippen LogP contribution < -0.4 is 10.7 Å². The van der Waals surface area contributed by atoms with Gasteiger partial charge >= 0.3 is 0 Å². The van der Waals surface area contributed by atoms with Crippen LogP contribution in [0.5, 0.6) is 0 Å². The van der Waals surface area contributed by atoms with Gasteiger partial charge < -0.3 is 20.1 Å². The Hall–Kier alpha value is -4.02. The van der Waals surface area contributed by atoms with Gasteiger partial charge in [0.1, 0.15) is 0 Å². The first-order valence-corrected chi connectivity index (χ1v) is 12.3. The molecule has 1 saturated carbocycles. The van der Waals surface area contributed by atoms with Crippen molar-refractivity contribution in [3.63, 3.8) is 0 Å². The van der Waals surface area contributed by atoms with E-state index >= 15 is 0 Å². The monoisotopic (exact) mass is 503 g/mol. The number of aliphatic carboxylic acids is 1. The van der Waals surface area contributed by atoms with Gasteiger partial charge in [0.05, 0.1) is 25.0 Å². The fourth-order valence-corrected chi connectivity index (χ4v) is 4.92. The predicted octanol–water partition coefficient (Wildman–Crippen LogP) is 2.91. The number of amides is 2. The van der Waals surface area contributed by atoms with E-state index in [4.69, 9.17) is 14.6 Å². The van der Waals surface area contributed by atoms with Crippen LogP contribution >= 0.6 is 0 Å². The molecule has 10 heteroatoms. The standard InChI is InChI=1S/C25H25N5O3.C2H4O2/c31-24(18-12-17(18)15-4-2-1-3-5-15)27-16-10-19-23-20(13-26-29-25(19)32)22(28-21(23)11-16)14-30-6-8-33-9-7-30;1-2(3)4/h1-5,10-11,13,17-18,28H,6-9,12,14H2,(H,27,31)(H,29,32);1H3,(H,3,4)/t17-,18+;/m0./s1. The first-order valence-electron chi connectivity index (χ1n) is 12.3. The summed E-state index contributed by atoms with van der Waals surface area (Å²) in [6.45, 7) is 4.96. The zero-order valence-electron chi connectivity index (χ0n) is 20.5. The van der Waals surface area contributed by atoms with Gasteiger partial charge in [-0.2, -0.15) is 5.10 Å². The highest BCUT2D eigenvalue weighted by atomic mass is 16.5. The number of rotatable bonds is 5. The van der Waals surface area contributed by atoms with Crippen molar-refractivity contribution < 1.29 is 24.2 Å². The lowest BCUT2D eigenvalue weighted by atomic mass is 10.0. The van der Waals surface area contributed by atoms with Crippen molar-refractivity contribution in [3.05, 3.63) is 64.8 Å². The zero-order chi connectivity index (χ0) is 25.9. The van der Waals surface area contributed by atoms with Crippen LogP contribution in [0, 0.1) is 5.92 Å². The van der Waals surface area contributed by atoms with Crippen LogP contribution in [0.3, 0.4) is 0 Å². The van der Waals surface area contributed by atoms with Crippen molar-refractivity contribution in [2.75, 3.05) is 31.6 Å². The number of H-pyrrole nitrogens is 1. The molecule has 2 aliphatic heterocycles. The van der Waals surface area contributed by atoms with Crippen LogP contribution in [0.2, 0.25) is 0 Å². The molecule has 6 rings (SSSR count). The summed E-state index contributed by atoms with van der Waals surface area (Å²) >= 11 is 0. The minimum absolute atomic E-state index is 0.0130. The Morgan fingerprint density at radius 2 is 1.92 bits per heavy atom. The lowest BCUT2D eigenvalue weighted by Gasteiger charge is -2.26. The fraction of sp³-hybridized carbons (Fsp3) is 0.333. The van der Waals surface area contributed by atoms with Crippen molar-refractivity contribution in [1.82, 2.24) is 15.3 Å². The topological polar surface area (TPSA) is 136 Å². The summed E-state index contributed by atoms with van der Waals surface area (Å²) in [7, 11) is 0. The van der Waals surface area contributed by atoms with Crippen LogP contribution in [-0.4, -0.2) is 65.3 Å². The van der Waals surface area contributed by atoms with Gasteiger partial charge in [-0.25, -0.2) is 5.43 Å². The highest BCUT2D eigenvalue weighted by molar-refractivity contribution is 6.16. The van der Waals surface area contributed by atoms with E-state index in [1.807, 2.05) is 24.3 Å². The second-order valence-corrected chi connectivity index (χ2v) is 9.42. The molecule has 0 bridgehead atoms. The summed E-state index contributed by atoms with van der Waals surface area (Å²) in [4.78, 5) is 40.5. The molecular formula is C27H29N5O5. The Balaban J connectivity index is 0.000000655. The van der Waals surface area contributed by atoms with E-state index in [-0.39, 0.29) is 23.7 Å². The lowest BCUT2D eigenvalue weighted by Crippen LogP contribution is -2.35. The van der Waals surface area contributed by atoms with Crippen molar-refractivity contribution in [2.24, 2.45) is 11.0 Å². The Morgan fingerprint density at radius 3 is 2.65 bits per heavy atom. The summed E-state index contributed by atoms with van der Waals surface area (Å²) < 4.78 is 5.46. The molecule has 2 atom stereocenters. The SMILES string of the molecule is CC(=O)O.O=C1NN=Cc2c(CN3CCOCC3)[nH]c3cc(NC(=O)[C@@H]4C[C@H]4c4ccccc4)cc1c23. The summed E-state index contributed by atoms with van der Waals surface area (Å²) in [5, 5.41) is 15.4. The Bertz CT molecular complexity index is 1360. The third kappa shape index (κ3) is 5.55. The van der Waals surface area contributed by atoms with Crippen molar-refractivity contribution in [3.8, 4) is 0 Å². The largest absolute Gasteiger partial charge is 0.481 e. The molecule has 3 heterocycles. The molecule has 0 unspecified atom stereocenters. The maximum atomic E-state index is 12.9. The molecule has 3 aliphatic rings. The van der Waals surface area contributed by atoms with Gasteiger partial charge in [0.2, 0.25) is 5.91 Å². The van der Waals surface area contributed by atoms with Crippen LogP contribution in [0.15, 0.2) is 47.6 Å². The maximum Gasteiger partial charge on any atom is 0.300 e. The highest BCUT2D eigenvalue weighted by Crippen LogP contribution is 2.48. The van der Waals surface area contributed by atoms with E-state index in [1.54, 1.807) is 12.3 Å². The number of aromatic nitrogens is 1. The number of anilines is 1. The second kappa shape index (κ2) is 10.5. The quantitative estimate of drug-likeness (QED) is 0.423. The molecule has 192 valence electrons. The number of carbonyl (C=O) groups excluding carboxylic acids is 2. The number of ether oxygens (including phenoxy) is 1. The number of nitrogens with zero attached hydrogens (tertiary/aromatic N) is 2. The molecule has 0 radical (unpaired) electrons. The number of hydrogen-bond donors (Lipinski definition) is 4. The molecule has 1 aromatic heterocycles. The Labute approximate surface area is 213 Å². The number of hydrogen-bond acceptors (Lipinski definition) is 6. The number of hydrazone groups is 1. The Kier molecular flexibility index (Phi) is 7.02. The van der Waals surface area contributed by atoms with E-state index in [2.05, 4.69) is 37.9 Å². The number of aromatic amines is 1. The molecule has 2 fully saturated rings. The molecule has 37 heavy (non-hydrogen) atoms. The van der Waals surface area contributed by atoms with Gasteiger partial charge in [-0.1, -0.05) is 30.3 Å². The van der Waals surface area contributed by atoms with Crippen LogP contribution in [0.25, 0.3) is 10.9 Å². The first-order chi connectivity index (χ1) is 17.9. The first kappa shape index (κ1) is 24.7. The van der Waals surface area contributed by atoms with Gasteiger partial charge in [0.15, 0.2) is 0 Å². The van der Waals surface area contributed by atoms with Gasteiger partial charge in [-0.3, -0.25) is 19.3 Å². The van der Waals surface area contributed by atoms with Crippen LogP contribution in [0.1, 0.15) is 46.4 Å². The highest BCUT2D eigenvalue weighted by Gasteiger charge is 2.43. The molecular weight excluding hydrogens is 474 g/mol. The van der Waals surface area contributed by atoms with Gasteiger partial charge in [0, 0.05) is 60.3 Å². The molecule has 4 N–H and O–H groups in total. The van der Waals surface area contributed by atoms with E-state index in [9.17, 15) is 9.59 Å². The lowest BCUT2D eigenvalue weighted by molar-refractivity contribution is -0.134. The third-order valence-corrected chi connectivity index (χ3v) is 6.73. The number of carbonyl (C=O) groups is 3. The normalized spacial score (nSPS) is 20.4. The van der Waals surface area contributed by atoms with Crippen molar-refractivity contribution >= 4 is 40.6 Å². The molecule has 3 aromatic rings. The molecule has 2 aromatic carbocycles. The molecule has 2 amide bonds. The van der Waals surface area contributed by atoms with Gasteiger partial charge in [-0.05, 0) is 30.0 Å². The van der Waals surface area contributed by atoms with E-state index in [1.165, 1.54) is 5.56 Å². The second-order valence-electron chi connectivity index (χ2n) is 9.42. The predicted molar refractivity (Wildman–Crippen MR) is 139 cm³/mol. The summed E-state index contributed by atoms with van der Waals surface area (Å²) in [6.07, 6.45) is 2.55. The average molecular weight is 504 g/mol. The Morgan fingerprint density at radius 1 is 1.19 bits per heavy atom. The summed E-state index contributed by atoms with van der Waals surface area (Å²) in [5.41, 5.74) is 7.63. The molecule has 10 nitrogen and oxygen atoms in total. The minimum Gasteiger partial charge on any atom is -0.481 e.